The average Bonchev–Trinajstić information content (AvgIpc) is 2.52. The molecule has 0 aromatic carbocycles. The van der Waals surface area contributed by atoms with E-state index < -0.39 is 6.10 Å². The van der Waals surface area contributed by atoms with Gasteiger partial charge in [0.1, 0.15) is 6.10 Å². The predicted octanol–water partition coefficient (Wildman–Crippen LogP) is 1.63. The van der Waals surface area contributed by atoms with E-state index in [2.05, 4.69) is 6.92 Å². The quantitative estimate of drug-likeness (QED) is 0.524. The Morgan fingerprint density at radius 3 is 2.92 bits per heavy atom. The zero-order valence-corrected chi connectivity index (χ0v) is 8.16. The molecule has 0 saturated carbocycles. The van der Waals surface area contributed by atoms with Crippen molar-refractivity contribution in [1.82, 2.24) is 0 Å². The molecule has 3 nitrogen and oxygen atoms in total. The van der Waals surface area contributed by atoms with Gasteiger partial charge in [-0.15, -0.1) is 0 Å². The number of aliphatic hydroxyl groups is 1. The maximum atomic E-state index is 10.8. The summed E-state index contributed by atoms with van der Waals surface area (Å²) in [6, 6.07) is 0. The van der Waals surface area contributed by atoms with Crippen molar-refractivity contribution in [3.05, 3.63) is 0 Å². The van der Waals surface area contributed by atoms with E-state index in [9.17, 15) is 9.90 Å². The number of carbonyl (C=O) groups excluding carboxylic acids is 1. The van der Waals surface area contributed by atoms with Crippen LogP contribution in [0.25, 0.3) is 0 Å². The van der Waals surface area contributed by atoms with Crippen molar-refractivity contribution in [2.75, 3.05) is 0 Å². The third kappa shape index (κ3) is 3.35. The van der Waals surface area contributed by atoms with E-state index in [-0.39, 0.29) is 12.1 Å². The van der Waals surface area contributed by atoms with Gasteiger partial charge in [-0.3, -0.25) is 4.79 Å². The topological polar surface area (TPSA) is 46.5 Å². The number of cyclic esters (lactones) is 1. The van der Waals surface area contributed by atoms with Gasteiger partial charge in [0.25, 0.3) is 0 Å². The number of hydrogen-bond donors (Lipinski definition) is 1. The van der Waals surface area contributed by atoms with Gasteiger partial charge in [0, 0.05) is 6.42 Å². The predicted molar refractivity (Wildman–Crippen MR) is 49.3 cm³/mol. The Kier molecular flexibility index (Phi) is 4.22. The molecular formula is C10H18O3. The molecule has 0 spiro atoms. The molecule has 0 bridgehead atoms. The zero-order valence-electron chi connectivity index (χ0n) is 8.16. The van der Waals surface area contributed by atoms with Crippen LogP contribution in [-0.4, -0.2) is 23.3 Å². The first kappa shape index (κ1) is 10.5. The zero-order chi connectivity index (χ0) is 9.68. The maximum absolute atomic E-state index is 10.8. The highest BCUT2D eigenvalue weighted by molar-refractivity contribution is 5.71. The molecule has 0 aromatic rings. The number of ether oxygens (including phenoxy) is 1. The number of hydrogen-bond acceptors (Lipinski definition) is 3. The lowest BCUT2D eigenvalue weighted by Crippen LogP contribution is -2.25. The number of rotatable bonds is 5. The molecule has 1 fully saturated rings. The second-order valence-corrected chi connectivity index (χ2v) is 3.63. The van der Waals surface area contributed by atoms with Gasteiger partial charge in [-0.25, -0.2) is 0 Å². The molecule has 13 heavy (non-hydrogen) atoms. The van der Waals surface area contributed by atoms with E-state index in [1.165, 1.54) is 0 Å². The SMILES string of the molecule is CCCCC[C@H](O)[C@H]1CCC(=O)O1. The van der Waals surface area contributed by atoms with Crippen LogP contribution >= 0.6 is 0 Å². The normalized spacial score (nSPS) is 24.5. The summed E-state index contributed by atoms with van der Waals surface area (Å²) >= 11 is 0. The van der Waals surface area contributed by atoms with Crippen LogP contribution in [0, 0.1) is 0 Å². The van der Waals surface area contributed by atoms with Crippen molar-refractivity contribution in [2.24, 2.45) is 0 Å². The highest BCUT2D eigenvalue weighted by Crippen LogP contribution is 2.20. The Morgan fingerprint density at radius 2 is 2.38 bits per heavy atom. The lowest BCUT2D eigenvalue weighted by Gasteiger charge is -2.16. The highest BCUT2D eigenvalue weighted by Gasteiger charge is 2.29. The second kappa shape index (κ2) is 5.22. The molecule has 0 amide bonds. The number of aliphatic hydroxyl groups excluding tert-OH is 1. The molecule has 1 heterocycles. The fourth-order valence-corrected chi connectivity index (χ4v) is 1.61. The smallest absolute Gasteiger partial charge is 0.306 e. The van der Waals surface area contributed by atoms with Crippen LogP contribution in [-0.2, 0) is 9.53 Å². The third-order valence-electron chi connectivity index (χ3n) is 2.45. The van der Waals surface area contributed by atoms with E-state index in [1.807, 2.05) is 0 Å². The molecule has 1 saturated heterocycles. The van der Waals surface area contributed by atoms with Crippen LogP contribution in [0.1, 0.15) is 45.4 Å². The van der Waals surface area contributed by atoms with E-state index in [0.29, 0.717) is 12.8 Å². The summed E-state index contributed by atoms with van der Waals surface area (Å²) in [4.78, 5) is 10.8. The van der Waals surface area contributed by atoms with E-state index in [1.54, 1.807) is 0 Å². The Labute approximate surface area is 79.1 Å². The average molecular weight is 186 g/mol. The standard InChI is InChI=1S/C10H18O3/c1-2-3-4-5-8(11)9-6-7-10(12)13-9/h8-9,11H,2-7H2,1H3/t8-,9+/m0/s1. The lowest BCUT2D eigenvalue weighted by atomic mass is 10.0. The molecule has 1 N–H and O–H groups in total. The minimum Gasteiger partial charge on any atom is -0.460 e. The van der Waals surface area contributed by atoms with Crippen LogP contribution in [0.15, 0.2) is 0 Å². The van der Waals surface area contributed by atoms with Crippen molar-refractivity contribution in [3.63, 3.8) is 0 Å². The Morgan fingerprint density at radius 1 is 1.62 bits per heavy atom. The van der Waals surface area contributed by atoms with E-state index in [0.717, 1.165) is 25.7 Å². The largest absolute Gasteiger partial charge is 0.460 e. The summed E-state index contributed by atoms with van der Waals surface area (Å²) in [5, 5.41) is 9.62. The molecule has 1 aliphatic rings. The van der Waals surface area contributed by atoms with Crippen molar-refractivity contribution in [3.8, 4) is 0 Å². The van der Waals surface area contributed by atoms with Gasteiger partial charge in [0.2, 0.25) is 0 Å². The fourth-order valence-electron chi connectivity index (χ4n) is 1.61. The minimum absolute atomic E-state index is 0.167. The summed E-state index contributed by atoms with van der Waals surface area (Å²) in [5.41, 5.74) is 0. The molecule has 0 aliphatic carbocycles. The van der Waals surface area contributed by atoms with Crippen molar-refractivity contribution in [2.45, 2.75) is 57.7 Å². The van der Waals surface area contributed by atoms with Crippen LogP contribution in [0.3, 0.4) is 0 Å². The molecule has 1 rings (SSSR count). The van der Waals surface area contributed by atoms with Gasteiger partial charge in [0.05, 0.1) is 6.10 Å². The summed E-state index contributed by atoms with van der Waals surface area (Å²) in [6.07, 6.45) is 4.54. The number of carbonyl (C=O) groups is 1. The Bertz CT molecular complexity index is 168. The van der Waals surface area contributed by atoms with Gasteiger partial charge in [0.15, 0.2) is 0 Å². The van der Waals surface area contributed by atoms with Crippen molar-refractivity contribution < 1.29 is 14.6 Å². The molecule has 1 aliphatic heterocycles. The number of unbranched alkanes of at least 4 members (excludes halogenated alkanes) is 2. The van der Waals surface area contributed by atoms with Crippen LogP contribution in [0.4, 0.5) is 0 Å². The Balaban J connectivity index is 2.15. The molecule has 3 heteroatoms. The summed E-state index contributed by atoms with van der Waals surface area (Å²) in [6.45, 7) is 2.13. The first-order valence-corrected chi connectivity index (χ1v) is 5.11. The van der Waals surface area contributed by atoms with Gasteiger partial charge >= 0.3 is 5.97 Å². The number of esters is 1. The molecular weight excluding hydrogens is 168 g/mol. The highest BCUT2D eigenvalue weighted by atomic mass is 16.6. The van der Waals surface area contributed by atoms with Crippen LogP contribution in [0.2, 0.25) is 0 Å². The van der Waals surface area contributed by atoms with Gasteiger partial charge in [-0.05, 0) is 12.8 Å². The minimum atomic E-state index is -0.446. The summed E-state index contributed by atoms with van der Waals surface area (Å²) in [5.74, 6) is -0.167. The van der Waals surface area contributed by atoms with Crippen LogP contribution in [0.5, 0.6) is 0 Å². The van der Waals surface area contributed by atoms with Crippen molar-refractivity contribution in [1.29, 1.82) is 0 Å². The first-order valence-electron chi connectivity index (χ1n) is 5.11. The molecule has 0 unspecified atom stereocenters. The fraction of sp³-hybridized carbons (Fsp3) is 0.900. The van der Waals surface area contributed by atoms with Gasteiger partial charge in [-0.1, -0.05) is 26.2 Å². The maximum Gasteiger partial charge on any atom is 0.306 e. The van der Waals surface area contributed by atoms with E-state index >= 15 is 0 Å². The molecule has 0 aromatic heterocycles. The molecule has 76 valence electrons. The lowest BCUT2D eigenvalue weighted by molar-refractivity contribution is -0.145. The Hall–Kier alpha value is -0.570. The monoisotopic (exact) mass is 186 g/mol. The first-order chi connectivity index (χ1) is 6.24. The molecule has 2 atom stereocenters. The van der Waals surface area contributed by atoms with Gasteiger partial charge < -0.3 is 9.84 Å². The summed E-state index contributed by atoms with van der Waals surface area (Å²) < 4.78 is 4.96. The van der Waals surface area contributed by atoms with Crippen molar-refractivity contribution >= 4 is 5.97 Å². The van der Waals surface area contributed by atoms with Crippen LogP contribution < -0.4 is 0 Å². The second-order valence-electron chi connectivity index (χ2n) is 3.63. The van der Waals surface area contributed by atoms with E-state index in [4.69, 9.17) is 4.74 Å². The van der Waals surface area contributed by atoms with Gasteiger partial charge in [-0.2, -0.15) is 0 Å². The molecule has 0 radical (unpaired) electrons. The summed E-state index contributed by atoms with van der Waals surface area (Å²) in [7, 11) is 0. The third-order valence-corrected chi connectivity index (χ3v) is 2.45.